The first-order valence-electron chi connectivity index (χ1n) is 6.20. The van der Waals surface area contributed by atoms with Crippen molar-refractivity contribution in [2.75, 3.05) is 6.54 Å². The van der Waals surface area contributed by atoms with E-state index in [4.69, 9.17) is 0 Å². The molecule has 0 atom stereocenters. The second-order valence-corrected chi connectivity index (χ2v) is 5.48. The van der Waals surface area contributed by atoms with Crippen molar-refractivity contribution < 1.29 is 8.78 Å². The highest BCUT2D eigenvalue weighted by molar-refractivity contribution is 7.11. The molecule has 0 radical (unpaired) electrons. The summed E-state index contributed by atoms with van der Waals surface area (Å²) >= 11 is 1.57. The molecule has 1 aromatic heterocycles. The maximum Gasteiger partial charge on any atom is 0.129 e. The number of aryl methyl sites for hydroxylation is 1. The van der Waals surface area contributed by atoms with Crippen LogP contribution in [0.1, 0.15) is 28.1 Å². The van der Waals surface area contributed by atoms with Crippen LogP contribution in [-0.4, -0.2) is 11.5 Å². The lowest BCUT2D eigenvalue weighted by Gasteiger charge is -2.00. The molecule has 0 spiro atoms. The van der Waals surface area contributed by atoms with Crippen LogP contribution in [0.3, 0.4) is 0 Å². The van der Waals surface area contributed by atoms with Crippen LogP contribution < -0.4 is 5.32 Å². The van der Waals surface area contributed by atoms with E-state index in [-0.39, 0.29) is 0 Å². The van der Waals surface area contributed by atoms with Gasteiger partial charge in [-0.25, -0.2) is 13.8 Å². The van der Waals surface area contributed by atoms with Crippen LogP contribution in [0.15, 0.2) is 18.2 Å². The summed E-state index contributed by atoms with van der Waals surface area (Å²) < 4.78 is 26.4. The highest BCUT2D eigenvalue weighted by atomic mass is 32.1. The van der Waals surface area contributed by atoms with Gasteiger partial charge in [-0.1, -0.05) is 13.0 Å². The fourth-order valence-electron chi connectivity index (χ4n) is 1.79. The second kappa shape index (κ2) is 6.21. The first-order chi connectivity index (χ1) is 9.10. The molecule has 0 amide bonds. The van der Waals surface area contributed by atoms with E-state index in [9.17, 15) is 8.78 Å². The van der Waals surface area contributed by atoms with Gasteiger partial charge in [0.15, 0.2) is 0 Å². The molecule has 5 heteroatoms. The molecule has 0 saturated carbocycles. The van der Waals surface area contributed by atoms with Gasteiger partial charge in [0.1, 0.15) is 11.6 Å². The standard InChI is InChI=1S/C14H16F2N2S/c1-3-17-8-13-9(2)18-14(19-13)6-10-4-5-11(15)7-12(10)16/h4-5,7,17H,3,6,8H2,1-2H3. The van der Waals surface area contributed by atoms with E-state index in [0.29, 0.717) is 12.0 Å². The van der Waals surface area contributed by atoms with Gasteiger partial charge in [0, 0.05) is 23.9 Å². The molecule has 0 unspecified atom stereocenters. The molecule has 0 bridgehead atoms. The minimum atomic E-state index is -0.551. The molecular weight excluding hydrogens is 266 g/mol. The number of hydrogen-bond acceptors (Lipinski definition) is 3. The molecule has 102 valence electrons. The lowest BCUT2D eigenvalue weighted by Crippen LogP contribution is -2.11. The van der Waals surface area contributed by atoms with Crippen molar-refractivity contribution in [2.24, 2.45) is 0 Å². The molecule has 2 nitrogen and oxygen atoms in total. The summed E-state index contributed by atoms with van der Waals surface area (Å²) in [6.45, 7) is 5.68. The van der Waals surface area contributed by atoms with Gasteiger partial charge in [0.25, 0.3) is 0 Å². The second-order valence-electron chi connectivity index (χ2n) is 4.31. The molecule has 0 aliphatic carbocycles. The van der Waals surface area contributed by atoms with E-state index in [0.717, 1.165) is 29.9 Å². The molecule has 1 aromatic carbocycles. The summed E-state index contributed by atoms with van der Waals surface area (Å²) in [5.74, 6) is -1.06. The van der Waals surface area contributed by atoms with Gasteiger partial charge in [-0.2, -0.15) is 0 Å². The Morgan fingerprint density at radius 1 is 1.32 bits per heavy atom. The van der Waals surface area contributed by atoms with Crippen LogP contribution >= 0.6 is 11.3 Å². The Balaban J connectivity index is 2.14. The zero-order chi connectivity index (χ0) is 13.8. The fourth-order valence-corrected chi connectivity index (χ4v) is 2.86. The Hall–Kier alpha value is -1.33. The molecular formula is C14H16F2N2S. The summed E-state index contributed by atoms with van der Waals surface area (Å²) in [6, 6.07) is 3.67. The summed E-state index contributed by atoms with van der Waals surface area (Å²) in [5.41, 5.74) is 1.45. The van der Waals surface area contributed by atoms with Gasteiger partial charge in [0.2, 0.25) is 0 Å². The van der Waals surface area contributed by atoms with Crippen molar-refractivity contribution in [1.82, 2.24) is 10.3 Å². The Morgan fingerprint density at radius 3 is 2.79 bits per heavy atom. The maximum absolute atomic E-state index is 13.6. The zero-order valence-electron chi connectivity index (χ0n) is 11.0. The number of hydrogen-bond donors (Lipinski definition) is 1. The summed E-state index contributed by atoms with van der Waals surface area (Å²) in [7, 11) is 0. The molecule has 19 heavy (non-hydrogen) atoms. The van der Waals surface area contributed by atoms with Gasteiger partial charge in [0.05, 0.1) is 10.7 Å². The van der Waals surface area contributed by atoms with Gasteiger partial charge >= 0.3 is 0 Å². The summed E-state index contributed by atoms with van der Waals surface area (Å²) in [4.78, 5) is 5.61. The summed E-state index contributed by atoms with van der Waals surface area (Å²) in [6.07, 6.45) is 0.406. The third-order valence-electron chi connectivity index (χ3n) is 2.83. The average molecular weight is 282 g/mol. The molecule has 2 aromatic rings. The molecule has 0 aliphatic rings. The number of nitrogens with one attached hydrogen (secondary N) is 1. The van der Waals surface area contributed by atoms with Gasteiger partial charge in [-0.15, -0.1) is 11.3 Å². The monoisotopic (exact) mass is 282 g/mol. The number of aromatic nitrogens is 1. The van der Waals surface area contributed by atoms with Crippen molar-refractivity contribution >= 4 is 11.3 Å². The molecule has 1 heterocycles. The molecule has 0 fully saturated rings. The number of benzene rings is 1. The lowest BCUT2D eigenvalue weighted by molar-refractivity contribution is 0.574. The van der Waals surface area contributed by atoms with Crippen molar-refractivity contribution in [3.8, 4) is 0 Å². The van der Waals surface area contributed by atoms with E-state index in [1.54, 1.807) is 11.3 Å². The maximum atomic E-state index is 13.6. The SMILES string of the molecule is CCNCc1sc(Cc2ccc(F)cc2F)nc1C. The van der Waals surface area contributed by atoms with E-state index in [1.165, 1.54) is 17.0 Å². The smallest absolute Gasteiger partial charge is 0.129 e. The van der Waals surface area contributed by atoms with Crippen molar-refractivity contribution in [3.63, 3.8) is 0 Å². The van der Waals surface area contributed by atoms with Gasteiger partial charge in [-0.05, 0) is 25.1 Å². The third kappa shape index (κ3) is 3.58. The Morgan fingerprint density at radius 2 is 2.11 bits per heavy atom. The number of thiazole rings is 1. The van der Waals surface area contributed by atoms with E-state index in [1.807, 2.05) is 13.8 Å². The predicted octanol–water partition coefficient (Wildman–Crippen LogP) is 3.43. The van der Waals surface area contributed by atoms with Crippen LogP contribution in [0.4, 0.5) is 8.78 Å². The first-order valence-corrected chi connectivity index (χ1v) is 7.01. The minimum absolute atomic E-state index is 0.406. The Kier molecular flexibility index (Phi) is 4.61. The highest BCUT2D eigenvalue weighted by Crippen LogP contribution is 2.22. The van der Waals surface area contributed by atoms with E-state index in [2.05, 4.69) is 10.3 Å². The molecule has 0 saturated heterocycles. The molecule has 1 N–H and O–H groups in total. The summed E-state index contributed by atoms with van der Waals surface area (Å²) in [5, 5.41) is 4.11. The Bertz CT molecular complexity index is 567. The van der Waals surface area contributed by atoms with Crippen molar-refractivity contribution in [2.45, 2.75) is 26.8 Å². The van der Waals surface area contributed by atoms with Crippen LogP contribution in [0.2, 0.25) is 0 Å². The zero-order valence-corrected chi connectivity index (χ0v) is 11.8. The Labute approximate surface area is 115 Å². The van der Waals surface area contributed by atoms with Crippen LogP contribution in [0.5, 0.6) is 0 Å². The fraction of sp³-hybridized carbons (Fsp3) is 0.357. The average Bonchev–Trinajstić information content (AvgIpc) is 2.71. The predicted molar refractivity (Wildman–Crippen MR) is 73.4 cm³/mol. The minimum Gasteiger partial charge on any atom is -0.312 e. The first kappa shape index (κ1) is 14.1. The van der Waals surface area contributed by atoms with E-state index < -0.39 is 11.6 Å². The number of rotatable bonds is 5. The van der Waals surface area contributed by atoms with Crippen LogP contribution in [-0.2, 0) is 13.0 Å². The molecule has 2 rings (SSSR count). The lowest BCUT2D eigenvalue weighted by atomic mass is 10.1. The van der Waals surface area contributed by atoms with Crippen molar-refractivity contribution in [1.29, 1.82) is 0 Å². The third-order valence-corrected chi connectivity index (χ3v) is 3.99. The topological polar surface area (TPSA) is 24.9 Å². The van der Waals surface area contributed by atoms with Crippen LogP contribution in [0.25, 0.3) is 0 Å². The van der Waals surface area contributed by atoms with Gasteiger partial charge < -0.3 is 5.32 Å². The number of nitrogens with zero attached hydrogens (tertiary/aromatic N) is 1. The number of halogens is 2. The molecule has 0 aliphatic heterocycles. The quantitative estimate of drug-likeness (QED) is 0.909. The van der Waals surface area contributed by atoms with Crippen molar-refractivity contribution in [3.05, 3.63) is 51.0 Å². The van der Waals surface area contributed by atoms with Crippen LogP contribution in [0, 0.1) is 18.6 Å². The highest BCUT2D eigenvalue weighted by Gasteiger charge is 2.10. The van der Waals surface area contributed by atoms with Gasteiger partial charge in [-0.3, -0.25) is 0 Å². The largest absolute Gasteiger partial charge is 0.312 e. The van der Waals surface area contributed by atoms with E-state index >= 15 is 0 Å². The normalized spacial score (nSPS) is 10.9.